The summed E-state index contributed by atoms with van der Waals surface area (Å²) in [5, 5.41) is 0. The molecule has 0 aromatic rings. The molecule has 0 bridgehead atoms. The van der Waals surface area contributed by atoms with Gasteiger partial charge < -0.3 is 0 Å². The zero-order chi connectivity index (χ0) is 5.45. The summed E-state index contributed by atoms with van der Waals surface area (Å²) in [6.45, 7) is 0. The number of halogens is 4. The van der Waals surface area contributed by atoms with Crippen LogP contribution in [0.2, 0.25) is 0 Å². The summed E-state index contributed by atoms with van der Waals surface area (Å²) in [6, 6.07) is 0. The molecule has 0 saturated heterocycles. The van der Waals surface area contributed by atoms with Crippen molar-refractivity contribution in [1.82, 2.24) is 0 Å². The van der Waals surface area contributed by atoms with Crippen molar-refractivity contribution >= 4 is 10.7 Å². The first-order valence-corrected chi connectivity index (χ1v) is 3.08. The fourth-order valence-corrected chi connectivity index (χ4v) is 0. The molecule has 0 spiro atoms. The lowest BCUT2D eigenvalue weighted by atomic mass is 12.0. The van der Waals surface area contributed by atoms with Gasteiger partial charge in [0.15, 0.2) is 0 Å². The molecule has 1 radical (unpaired) electrons. The van der Waals surface area contributed by atoms with E-state index in [1.165, 1.54) is 0 Å². The van der Waals surface area contributed by atoms with Gasteiger partial charge in [-0.15, -0.1) is 15.5 Å². The smallest absolute Gasteiger partial charge is 0.110 e. The van der Waals surface area contributed by atoms with Gasteiger partial charge >= 0.3 is 0 Å². The van der Waals surface area contributed by atoms with Crippen LogP contribution in [0.5, 0.6) is 0 Å². The lowest BCUT2D eigenvalue weighted by Crippen LogP contribution is -1.79. The molecule has 5 heteroatoms. The summed E-state index contributed by atoms with van der Waals surface area (Å²) in [7, 11) is -6.85. The van der Waals surface area contributed by atoms with E-state index < -0.39 is 10.7 Å². The Balaban J connectivity index is 3.73. The minimum Gasteiger partial charge on any atom is -0.110 e. The molecule has 0 saturated carbocycles. The Morgan fingerprint density at radius 1 is 1.00 bits per heavy atom. The summed E-state index contributed by atoms with van der Waals surface area (Å²) in [6.07, 6.45) is -0.350. The average Bonchev–Trinajstić information content (AvgIpc) is 0.650. The maximum atomic E-state index is 10.5. The summed E-state index contributed by atoms with van der Waals surface area (Å²) in [5.74, 6) is 0. The van der Waals surface area contributed by atoms with Gasteiger partial charge in [-0.25, -0.2) is 0 Å². The second kappa shape index (κ2) is 0.828. The first kappa shape index (κ1) is 6.07. The van der Waals surface area contributed by atoms with Crippen LogP contribution in [0.15, 0.2) is 0 Å². The lowest BCUT2D eigenvalue weighted by Gasteiger charge is -2.15. The molecule has 0 aliphatic rings. The molecule has 0 aliphatic heterocycles. The van der Waals surface area contributed by atoms with Crippen LogP contribution in [0.4, 0.5) is 15.5 Å². The molecule has 0 aliphatic carbocycles. The zero-order valence-electron chi connectivity index (χ0n) is 2.92. The van der Waals surface area contributed by atoms with Gasteiger partial charge in [-0.3, -0.25) is 0 Å². The van der Waals surface area contributed by atoms with E-state index in [2.05, 4.69) is 0 Å². The maximum absolute atomic E-state index is 10.5. The normalized spacial score (nSPS) is 19.2. The highest BCUT2D eigenvalue weighted by molar-refractivity contribution is 8.33. The van der Waals surface area contributed by atoms with Gasteiger partial charge in [-0.05, 0) is 0 Å². The van der Waals surface area contributed by atoms with Gasteiger partial charge in [0.1, 0.15) is 0 Å². The van der Waals surface area contributed by atoms with Gasteiger partial charge in [-0.2, -0.15) is 0 Å². The van der Waals surface area contributed by atoms with Crippen LogP contribution >= 0.6 is 10.7 Å². The molecule has 6 heavy (non-hydrogen) atoms. The van der Waals surface area contributed by atoms with E-state index in [0.717, 1.165) is 0 Å². The number of rotatable bonds is 0. The van der Waals surface area contributed by atoms with Crippen LogP contribution < -0.4 is 0 Å². The molecular weight excluding hydrogens is 120 g/mol. The standard InChI is InChI=1S/CH3F4S/c1-6(2,3,4)5/h1H3. The predicted octanol–water partition coefficient (Wildman–Crippen LogP) is 2.49. The molecule has 0 nitrogen and oxygen atoms in total. The monoisotopic (exact) mass is 123 g/mol. The van der Waals surface area contributed by atoms with Gasteiger partial charge in [0, 0.05) is 0 Å². The van der Waals surface area contributed by atoms with E-state index in [-0.39, 0.29) is 6.26 Å². The van der Waals surface area contributed by atoms with Gasteiger partial charge in [0.2, 0.25) is 0 Å². The summed E-state index contributed by atoms with van der Waals surface area (Å²) >= 11 is 0. The first-order valence-electron chi connectivity index (χ1n) is 1.03. The molecule has 0 rings (SSSR count). The molecule has 0 aromatic heterocycles. The van der Waals surface area contributed by atoms with Crippen LogP contribution in [0.1, 0.15) is 0 Å². The maximum Gasteiger partial charge on any atom is 0.251 e. The highest BCUT2D eigenvalue weighted by Gasteiger charge is 2.33. The van der Waals surface area contributed by atoms with Crippen LogP contribution in [-0.2, 0) is 0 Å². The molecule has 0 unspecified atom stereocenters. The number of hydrogen-bond donors (Lipinski definition) is 0. The summed E-state index contributed by atoms with van der Waals surface area (Å²) in [4.78, 5) is 0. The van der Waals surface area contributed by atoms with E-state index in [1.807, 2.05) is 0 Å². The highest BCUT2D eigenvalue weighted by atomic mass is 32.4. The Morgan fingerprint density at radius 3 is 1.00 bits per heavy atom. The SMILES string of the molecule is C[S](F)(F)(F)F. The van der Waals surface area contributed by atoms with Crippen LogP contribution in [0, 0.1) is 0 Å². The Kier molecular flexibility index (Phi) is 0.838. The minimum atomic E-state index is -6.85. The van der Waals surface area contributed by atoms with E-state index >= 15 is 0 Å². The molecule has 0 aromatic carbocycles. The Bertz CT molecular complexity index is 40.7. The fourth-order valence-electron chi connectivity index (χ4n) is 0. The van der Waals surface area contributed by atoms with Crippen molar-refractivity contribution < 1.29 is 15.5 Å². The van der Waals surface area contributed by atoms with Crippen molar-refractivity contribution in [3.05, 3.63) is 0 Å². The highest BCUT2D eigenvalue weighted by Crippen LogP contribution is 2.73. The molecule has 0 fully saturated rings. The van der Waals surface area contributed by atoms with Gasteiger partial charge in [0.05, 0.1) is 6.26 Å². The topological polar surface area (TPSA) is 0 Å². The number of hydrogen-bond acceptors (Lipinski definition) is 0. The van der Waals surface area contributed by atoms with E-state index in [9.17, 15) is 15.5 Å². The van der Waals surface area contributed by atoms with E-state index in [0.29, 0.717) is 0 Å². The molecular formula is CH3F4S. The van der Waals surface area contributed by atoms with Crippen molar-refractivity contribution in [2.45, 2.75) is 0 Å². The average molecular weight is 123 g/mol. The van der Waals surface area contributed by atoms with E-state index in [1.54, 1.807) is 0 Å². The molecule has 0 N–H and O–H groups in total. The van der Waals surface area contributed by atoms with Crippen molar-refractivity contribution in [2.24, 2.45) is 0 Å². The largest absolute Gasteiger partial charge is 0.251 e. The predicted molar refractivity (Wildman–Crippen MR) is 17.9 cm³/mol. The Hall–Kier alpha value is 0.0700. The summed E-state index contributed by atoms with van der Waals surface area (Å²) in [5.41, 5.74) is 0. The van der Waals surface area contributed by atoms with Crippen molar-refractivity contribution in [3.63, 3.8) is 0 Å². The van der Waals surface area contributed by atoms with Gasteiger partial charge in [0.25, 0.3) is 10.7 Å². The Morgan fingerprint density at radius 2 is 1.00 bits per heavy atom. The quantitative estimate of drug-likeness (QED) is 0.434. The lowest BCUT2D eigenvalue weighted by molar-refractivity contribution is 0.509. The second-order valence-electron chi connectivity index (χ2n) is 0.967. The molecule has 0 atom stereocenters. The molecule has 41 valence electrons. The third-order valence-electron chi connectivity index (χ3n) is 0. The van der Waals surface area contributed by atoms with Crippen LogP contribution in [0.3, 0.4) is 0 Å². The Labute approximate surface area is 33.6 Å². The first-order chi connectivity index (χ1) is 2.24. The second-order valence-corrected chi connectivity index (χ2v) is 2.90. The summed E-state index contributed by atoms with van der Waals surface area (Å²) < 4.78 is 41.9. The van der Waals surface area contributed by atoms with Crippen LogP contribution in [-0.4, -0.2) is 6.26 Å². The third kappa shape index (κ3) is 7830. The minimum absolute atomic E-state index is 0.350. The van der Waals surface area contributed by atoms with E-state index in [4.69, 9.17) is 0 Å². The van der Waals surface area contributed by atoms with Crippen molar-refractivity contribution in [3.8, 4) is 0 Å². The van der Waals surface area contributed by atoms with Crippen molar-refractivity contribution in [1.29, 1.82) is 0 Å². The molecule has 0 amide bonds. The molecule has 0 heterocycles. The van der Waals surface area contributed by atoms with Gasteiger partial charge in [-0.1, -0.05) is 0 Å². The fraction of sp³-hybridized carbons (Fsp3) is 1.00. The van der Waals surface area contributed by atoms with Crippen LogP contribution in [0.25, 0.3) is 0 Å². The van der Waals surface area contributed by atoms with Crippen molar-refractivity contribution in [2.75, 3.05) is 6.26 Å². The zero-order valence-corrected chi connectivity index (χ0v) is 3.74. The third-order valence-corrected chi connectivity index (χ3v) is 0.